The number of hydrogen-bond acceptors (Lipinski definition) is 4. The zero-order valence-corrected chi connectivity index (χ0v) is 8.00. The summed E-state index contributed by atoms with van der Waals surface area (Å²) in [6.45, 7) is 0.299. The van der Waals surface area contributed by atoms with E-state index in [1.165, 1.54) is 10.7 Å². The van der Waals surface area contributed by atoms with E-state index in [9.17, 15) is 4.79 Å². The van der Waals surface area contributed by atoms with E-state index in [1.54, 1.807) is 30.5 Å². The van der Waals surface area contributed by atoms with Crippen molar-refractivity contribution in [1.29, 1.82) is 0 Å². The monoisotopic (exact) mass is 202 g/mol. The van der Waals surface area contributed by atoms with Crippen LogP contribution in [0, 0.1) is 0 Å². The molecule has 0 aromatic carbocycles. The summed E-state index contributed by atoms with van der Waals surface area (Å²) in [6, 6.07) is 8.34. The summed E-state index contributed by atoms with van der Waals surface area (Å²) in [5.74, 6) is 0.498. The predicted octanol–water partition coefficient (Wildman–Crippen LogP) is 0.0862. The highest BCUT2D eigenvalue weighted by molar-refractivity contribution is 5.20. The molecule has 2 aromatic heterocycles. The molecule has 0 saturated heterocycles. The summed E-state index contributed by atoms with van der Waals surface area (Å²) in [7, 11) is 0. The van der Waals surface area contributed by atoms with Gasteiger partial charge in [0.2, 0.25) is 0 Å². The lowest BCUT2D eigenvalue weighted by atomic mass is 10.4. The summed E-state index contributed by atoms with van der Waals surface area (Å²) in [6.07, 6.45) is 1.61. The molecule has 0 bridgehead atoms. The van der Waals surface area contributed by atoms with E-state index < -0.39 is 0 Å². The van der Waals surface area contributed by atoms with Crippen molar-refractivity contribution in [3.63, 3.8) is 0 Å². The normalized spacial score (nSPS) is 10.2. The number of aromatic nitrogens is 3. The first-order valence-electron chi connectivity index (χ1n) is 4.52. The van der Waals surface area contributed by atoms with Crippen LogP contribution in [0.3, 0.4) is 0 Å². The van der Waals surface area contributed by atoms with Crippen LogP contribution in [0.1, 0.15) is 5.69 Å². The quantitative estimate of drug-likeness (QED) is 0.748. The Morgan fingerprint density at radius 3 is 2.80 bits per heavy atom. The van der Waals surface area contributed by atoms with Gasteiger partial charge in [-0.2, -0.15) is 9.78 Å². The van der Waals surface area contributed by atoms with Crippen LogP contribution in [-0.2, 0) is 6.54 Å². The minimum atomic E-state index is -0.217. The number of hydrogen-bond donors (Lipinski definition) is 1. The second-order valence-corrected chi connectivity index (χ2v) is 2.97. The summed E-state index contributed by atoms with van der Waals surface area (Å²) < 4.78 is 1.24. The van der Waals surface area contributed by atoms with Crippen molar-refractivity contribution < 1.29 is 0 Å². The van der Waals surface area contributed by atoms with E-state index >= 15 is 0 Å². The Morgan fingerprint density at radius 1 is 1.27 bits per heavy atom. The molecule has 0 fully saturated rings. The van der Waals surface area contributed by atoms with Crippen molar-refractivity contribution >= 4 is 0 Å². The van der Waals surface area contributed by atoms with Crippen molar-refractivity contribution in [3.05, 3.63) is 52.6 Å². The first kappa shape index (κ1) is 9.54. The Hall–Kier alpha value is -2.01. The van der Waals surface area contributed by atoms with Crippen LogP contribution >= 0.6 is 0 Å². The van der Waals surface area contributed by atoms with E-state index in [0.717, 1.165) is 0 Å². The van der Waals surface area contributed by atoms with Crippen LogP contribution in [0.2, 0.25) is 0 Å². The molecule has 0 aliphatic rings. The first-order chi connectivity index (χ1) is 7.31. The fourth-order valence-corrected chi connectivity index (χ4v) is 1.20. The highest BCUT2D eigenvalue weighted by atomic mass is 16.1. The van der Waals surface area contributed by atoms with Gasteiger partial charge in [0.25, 0.3) is 5.56 Å². The molecule has 0 amide bonds. The van der Waals surface area contributed by atoms with Gasteiger partial charge in [0, 0.05) is 18.8 Å². The fraction of sp³-hybridized carbons (Fsp3) is 0.100. The number of nitrogens with two attached hydrogens (primary N) is 1. The van der Waals surface area contributed by atoms with Crippen molar-refractivity contribution in [2.45, 2.75) is 6.54 Å². The van der Waals surface area contributed by atoms with E-state index in [1.807, 2.05) is 0 Å². The van der Waals surface area contributed by atoms with E-state index in [0.29, 0.717) is 18.1 Å². The van der Waals surface area contributed by atoms with Gasteiger partial charge in [-0.3, -0.25) is 4.79 Å². The molecule has 5 heteroatoms. The highest BCUT2D eigenvalue weighted by Gasteiger charge is 2.02. The Morgan fingerprint density at radius 2 is 2.13 bits per heavy atom. The average molecular weight is 202 g/mol. The van der Waals surface area contributed by atoms with Crippen molar-refractivity contribution in [2.24, 2.45) is 5.73 Å². The van der Waals surface area contributed by atoms with Gasteiger partial charge in [0.05, 0.1) is 5.69 Å². The average Bonchev–Trinajstić information content (AvgIpc) is 2.31. The molecule has 0 unspecified atom stereocenters. The minimum absolute atomic E-state index is 0.217. The molecule has 5 nitrogen and oxygen atoms in total. The van der Waals surface area contributed by atoms with Gasteiger partial charge >= 0.3 is 0 Å². The molecule has 2 N–H and O–H groups in total. The zero-order chi connectivity index (χ0) is 10.7. The zero-order valence-electron chi connectivity index (χ0n) is 8.00. The van der Waals surface area contributed by atoms with Gasteiger partial charge in [-0.1, -0.05) is 6.07 Å². The molecule has 0 aliphatic carbocycles. The van der Waals surface area contributed by atoms with Crippen LogP contribution in [0.15, 0.2) is 41.3 Å². The van der Waals surface area contributed by atoms with Gasteiger partial charge in [0.15, 0.2) is 5.82 Å². The van der Waals surface area contributed by atoms with Gasteiger partial charge in [0.1, 0.15) is 0 Å². The summed E-state index contributed by atoms with van der Waals surface area (Å²) in [5.41, 5.74) is 5.88. The van der Waals surface area contributed by atoms with E-state index in [4.69, 9.17) is 5.73 Å². The topological polar surface area (TPSA) is 73.8 Å². The van der Waals surface area contributed by atoms with Gasteiger partial charge < -0.3 is 5.73 Å². The third-order valence-corrected chi connectivity index (χ3v) is 1.93. The van der Waals surface area contributed by atoms with Crippen molar-refractivity contribution in [2.75, 3.05) is 0 Å². The lowest BCUT2D eigenvalue weighted by molar-refractivity contribution is 0.741. The fourth-order valence-electron chi connectivity index (χ4n) is 1.20. The molecule has 0 radical (unpaired) electrons. The van der Waals surface area contributed by atoms with Crippen LogP contribution in [0.5, 0.6) is 0 Å². The molecule has 0 atom stereocenters. The summed E-state index contributed by atoms with van der Waals surface area (Å²) in [5, 5.41) is 4.08. The lowest BCUT2D eigenvalue weighted by Gasteiger charge is -2.03. The van der Waals surface area contributed by atoms with Crippen molar-refractivity contribution in [1.82, 2.24) is 14.8 Å². The molecule has 2 aromatic rings. The third-order valence-electron chi connectivity index (χ3n) is 1.93. The van der Waals surface area contributed by atoms with Crippen LogP contribution in [-0.4, -0.2) is 14.8 Å². The molecular weight excluding hydrogens is 192 g/mol. The smallest absolute Gasteiger partial charge is 0.272 e. The molecule has 0 spiro atoms. The second-order valence-electron chi connectivity index (χ2n) is 2.97. The van der Waals surface area contributed by atoms with Gasteiger partial charge in [-0.25, -0.2) is 4.98 Å². The molecule has 76 valence electrons. The minimum Gasteiger partial charge on any atom is -0.325 e. The van der Waals surface area contributed by atoms with Gasteiger partial charge in [-0.05, 0) is 18.2 Å². The van der Waals surface area contributed by atoms with Crippen LogP contribution in [0.25, 0.3) is 5.82 Å². The largest absolute Gasteiger partial charge is 0.325 e. The van der Waals surface area contributed by atoms with E-state index in [2.05, 4.69) is 10.1 Å². The standard InChI is InChI=1S/C10H10N4O/c11-7-8-4-5-10(15)14(13-8)9-3-1-2-6-12-9/h1-6H,7,11H2. The highest BCUT2D eigenvalue weighted by Crippen LogP contribution is 1.97. The summed E-state index contributed by atoms with van der Waals surface area (Å²) in [4.78, 5) is 15.6. The predicted molar refractivity (Wildman–Crippen MR) is 55.5 cm³/mol. The molecule has 2 rings (SSSR count). The second kappa shape index (κ2) is 4.02. The van der Waals surface area contributed by atoms with Gasteiger partial charge in [-0.15, -0.1) is 0 Å². The first-order valence-corrected chi connectivity index (χ1v) is 4.52. The number of rotatable bonds is 2. The Labute approximate surface area is 86.2 Å². The SMILES string of the molecule is NCc1ccc(=O)n(-c2ccccn2)n1. The maximum atomic E-state index is 11.5. The molecule has 0 saturated carbocycles. The third kappa shape index (κ3) is 1.92. The molecule has 0 aliphatic heterocycles. The van der Waals surface area contributed by atoms with E-state index in [-0.39, 0.29) is 5.56 Å². The van der Waals surface area contributed by atoms with Crippen LogP contribution in [0.4, 0.5) is 0 Å². The number of nitrogens with zero attached hydrogens (tertiary/aromatic N) is 3. The Bertz CT molecular complexity index is 506. The van der Waals surface area contributed by atoms with Crippen molar-refractivity contribution in [3.8, 4) is 5.82 Å². The number of pyridine rings is 1. The maximum absolute atomic E-state index is 11.5. The maximum Gasteiger partial charge on any atom is 0.272 e. The Balaban J connectivity index is 2.57. The lowest BCUT2D eigenvalue weighted by Crippen LogP contribution is -2.22. The Kier molecular flexibility index (Phi) is 2.55. The van der Waals surface area contributed by atoms with Crippen LogP contribution < -0.4 is 11.3 Å². The molecular formula is C10H10N4O. The summed E-state index contributed by atoms with van der Waals surface area (Å²) >= 11 is 0. The molecule has 2 heterocycles. The molecule has 15 heavy (non-hydrogen) atoms.